The molecule has 1 atom stereocenters. The second kappa shape index (κ2) is 6.29. The molecular formula is C16H21NO2. The van der Waals surface area contributed by atoms with Crippen molar-refractivity contribution in [2.75, 3.05) is 14.2 Å². The molecule has 0 saturated carbocycles. The molecule has 0 saturated heterocycles. The highest BCUT2D eigenvalue weighted by Crippen LogP contribution is 2.39. The van der Waals surface area contributed by atoms with Crippen molar-refractivity contribution < 1.29 is 9.47 Å². The van der Waals surface area contributed by atoms with Crippen LogP contribution in [0.3, 0.4) is 0 Å². The van der Waals surface area contributed by atoms with Gasteiger partial charge in [-0.1, -0.05) is 26.0 Å². The van der Waals surface area contributed by atoms with E-state index < -0.39 is 5.41 Å². The van der Waals surface area contributed by atoms with Crippen LogP contribution in [-0.2, 0) is 5.41 Å². The Hall–Kier alpha value is -1.95. The average molecular weight is 259 g/mol. The Morgan fingerprint density at radius 1 is 1.32 bits per heavy atom. The van der Waals surface area contributed by atoms with E-state index in [1.807, 2.05) is 32.0 Å². The van der Waals surface area contributed by atoms with Gasteiger partial charge in [0.1, 0.15) is 0 Å². The molecule has 3 nitrogen and oxygen atoms in total. The van der Waals surface area contributed by atoms with Crippen molar-refractivity contribution in [3.8, 4) is 17.6 Å². The smallest absolute Gasteiger partial charge is 0.161 e. The number of methoxy groups -OCH3 is 2. The van der Waals surface area contributed by atoms with Gasteiger partial charge in [0.2, 0.25) is 0 Å². The molecule has 1 aromatic rings. The zero-order chi connectivity index (χ0) is 14.5. The third kappa shape index (κ3) is 2.73. The summed E-state index contributed by atoms with van der Waals surface area (Å²) >= 11 is 0. The third-order valence-corrected chi connectivity index (χ3v) is 3.55. The topological polar surface area (TPSA) is 42.2 Å². The number of allylic oxidation sites excluding steroid dienone is 1. The van der Waals surface area contributed by atoms with Gasteiger partial charge in [-0.05, 0) is 30.0 Å². The summed E-state index contributed by atoms with van der Waals surface area (Å²) < 4.78 is 10.5. The van der Waals surface area contributed by atoms with Crippen LogP contribution >= 0.6 is 0 Å². The fourth-order valence-electron chi connectivity index (χ4n) is 2.27. The fourth-order valence-corrected chi connectivity index (χ4v) is 2.27. The van der Waals surface area contributed by atoms with E-state index in [0.29, 0.717) is 17.9 Å². The van der Waals surface area contributed by atoms with Crippen molar-refractivity contribution in [3.63, 3.8) is 0 Å². The number of hydrogen-bond acceptors (Lipinski definition) is 3. The molecule has 0 spiro atoms. The van der Waals surface area contributed by atoms with Gasteiger partial charge >= 0.3 is 0 Å². The number of nitrogens with zero attached hydrogens (tertiary/aromatic N) is 1. The fraction of sp³-hybridized carbons (Fsp3) is 0.438. The quantitative estimate of drug-likeness (QED) is 0.731. The first-order valence-electron chi connectivity index (χ1n) is 6.30. The van der Waals surface area contributed by atoms with E-state index in [4.69, 9.17) is 9.47 Å². The minimum Gasteiger partial charge on any atom is -0.493 e. The molecule has 0 unspecified atom stereocenters. The van der Waals surface area contributed by atoms with E-state index in [9.17, 15) is 5.26 Å². The van der Waals surface area contributed by atoms with Crippen LogP contribution in [0, 0.1) is 17.2 Å². The first kappa shape index (κ1) is 15.1. The maximum absolute atomic E-state index is 9.65. The monoisotopic (exact) mass is 259 g/mol. The number of rotatable bonds is 6. The van der Waals surface area contributed by atoms with E-state index in [1.165, 1.54) is 0 Å². The van der Waals surface area contributed by atoms with Crippen molar-refractivity contribution in [2.45, 2.75) is 25.7 Å². The van der Waals surface area contributed by atoms with Crippen LogP contribution in [0.5, 0.6) is 11.5 Å². The van der Waals surface area contributed by atoms with Crippen LogP contribution in [0.15, 0.2) is 30.9 Å². The molecule has 1 rings (SSSR count). The van der Waals surface area contributed by atoms with Gasteiger partial charge in [0.15, 0.2) is 11.5 Å². The SMILES string of the molecule is C=CC[C@@](C#N)(c1ccc(OC)c(OC)c1)C(C)C. The maximum Gasteiger partial charge on any atom is 0.161 e. The molecule has 1 aromatic carbocycles. The second-order valence-corrected chi connectivity index (χ2v) is 4.80. The summed E-state index contributed by atoms with van der Waals surface area (Å²) in [6, 6.07) is 8.10. The average Bonchev–Trinajstić information content (AvgIpc) is 2.43. The summed E-state index contributed by atoms with van der Waals surface area (Å²) in [6.45, 7) is 7.86. The molecule has 0 radical (unpaired) electrons. The Bertz CT molecular complexity index is 488. The second-order valence-electron chi connectivity index (χ2n) is 4.80. The zero-order valence-corrected chi connectivity index (χ0v) is 12.1. The zero-order valence-electron chi connectivity index (χ0n) is 12.1. The third-order valence-electron chi connectivity index (χ3n) is 3.55. The van der Waals surface area contributed by atoms with Gasteiger partial charge < -0.3 is 9.47 Å². The summed E-state index contributed by atoms with van der Waals surface area (Å²) in [5.74, 6) is 1.48. The number of ether oxygens (including phenoxy) is 2. The van der Waals surface area contributed by atoms with Crippen LogP contribution in [-0.4, -0.2) is 14.2 Å². The van der Waals surface area contributed by atoms with Gasteiger partial charge in [0.25, 0.3) is 0 Å². The molecule has 0 fully saturated rings. The minimum atomic E-state index is -0.582. The van der Waals surface area contributed by atoms with Crippen molar-refractivity contribution in [1.82, 2.24) is 0 Å². The lowest BCUT2D eigenvalue weighted by Crippen LogP contribution is -2.30. The maximum atomic E-state index is 9.65. The lowest BCUT2D eigenvalue weighted by atomic mass is 9.70. The van der Waals surface area contributed by atoms with Crippen LogP contribution in [0.2, 0.25) is 0 Å². The van der Waals surface area contributed by atoms with E-state index in [0.717, 1.165) is 5.56 Å². The van der Waals surface area contributed by atoms with Gasteiger partial charge in [-0.15, -0.1) is 6.58 Å². The predicted octanol–water partition coefficient (Wildman–Crippen LogP) is 3.70. The number of hydrogen-bond donors (Lipinski definition) is 0. The van der Waals surface area contributed by atoms with Gasteiger partial charge in [0, 0.05) is 0 Å². The molecule has 0 heterocycles. The molecule has 19 heavy (non-hydrogen) atoms. The Balaban J connectivity index is 3.39. The van der Waals surface area contributed by atoms with E-state index in [2.05, 4.69) is 12.6 Å². The predicted molar refractivity (Wildman–Crippen MR) is 76.5 cm³/mol. The van der Waals surface area contributed by atoms with Crippen LogP contribution in [0.25, 0.3) is 0 Å². The summed E-state index contributed by atoms with van der Waals surface area (Å²) in [5, 5.41) is 9.65. The van der Waals surface area contributed by atoms with E-state index in [1.54, 1.807) is 20.3 Å². The Kier molecular flexibility index (Phi) is 5.00. The van der Waals surface area contributed by atoms with Gasteiger partial charge in [-0.3, -0.25) is 0 Å². The first-order valence-corrected chi connectivity index (χ1v) is 6.30. The molecule has 3 heteroatoms. The van der Waals surface area contributed by atoms with Crippen LogP contribution in [0.1, 0.15) is 25.8 Å². The van der Waals surface area contributed by atoms with Gasteiger partial charge in [0.05, 0.1) is 25.7 Å². The molecule has 0 aliphatic carbocycles. The highest BCUT2D eigenvalue weighted by molar-refractivity contribution is 5.47. The van der Waals surface area contributed by atoms with Crippen LogP contribution < -0.4 is 9.47 Å². The van der Waals surface area contributed by atoms with E-state index >= 15 is 0 Å². The Morgan fingerprint density at radius 2 is 1.95 bits per heavy atom. The number of nitriles is 1. The first-order chi connectivity index (χ1) is 9.05. The Labute approximate surface area is 115 Å². The lowest BCUT2D eigenvalue weighted by molar-refractivity contribution is 0.350. The number of benzene rings is 1. The molecule has 0 aliphatic rings. The van der Waals surface area contributed by atoms with Gasteiger partial charge in [-0.2, -0.15) is 5.26 Å². The van der Waals surface area contributed by atoms with Crippen LogP contribution in [0.4, 0.5) is 0 Å². The van der Waals surface area contributed by atoms with Crippen molar-refractivity contribution in [3.05, 3.63) is 36.4 Å². The normalized spacial score (nSPS) is 13.5. The van der Waals surface area contributed by atoms with Crippen molar-refractivity contribution >= 4 is 0 Å². The molecule has 0 aromatic heterocycles. The minimum absolute atomic E-state index is 0.175. The molecule has 0 amide bonds. The highest BCUT2D eigenvalue weighted by Gasteiger charge is 2.35. The summed E-state index contributed by atoms with van der Waals surface area (Å²) in [7, 11) is 3.19. The molecule has 0 N–H and O–H groups in total. The lowest BCUT2D eigenvalue weighted by Gasteiger charge is -2.30. The standard InChI is InChI=1S/C16H21NO2/c1-6-9-16(11-17,12(2)3)13-7-8-14(18-4)15(10-13)19-5/h6-8,10,12H,1,9H2,2-5H3/t16-/m0/s1. The summed E-state index contributed by atoms with van der Waals surface area (Å²) in [6.07, 6.45) is 2.40. The summed E-state index contributed by atoms with van der Waals surface area (Å²) in [4.78, 5) is 0. The highest BCUT2D eigenvalue weighted by atomic mass is 16.5. The van der Waals surface area contributed by atoms with Crippen molar-refractivity contribution in [2.24, 2.45) is 5.92 Å². The van der Waals surface area contributed by atoms with Crippen molar-refractivity contribution in [1.29, 1.82) is 5.26 Å². The summed E-state index contributed by atoms with van der Waals surface area (Å²) in [5.41, 5.74) is 0.351. The largest absolute Gasteiger partial charge is 0.493 e. The molecule has 102 valence electrons. The molecular weight excluding hydrogens is 238 g/mol. The Morgan fingerprint density at radius 3 is 2.37 bits per heavy atom. The van der Waals surface area contributed by atoms with Gasteiger partial charge in [-0.25, -0.2) is 0 Å². The van der Waals surface area contributed by atoms with E-state index in [-0.39, 0.29) is 5.92 Å². The molecule has 0 aliphatic heterocycles. The molecule has 0 bridgehead atoms.